The number of carboxylic acid groups (broad SMARTS) is 1. The normalized spacial score (nSPS) is 13.2. The van der Waals surface area contributed by atoms with Crippen molar-refractivity contribution in [2.75, 3.05) is 6.54 Å². The van der Waals surface area contributed by atoms with Crippen molar-refractivity contribution in [3.63, 3.8) is 0 Å². The van der Waals surface area contributed by atoms with Crippen LogP contribution in [-0.2, 0) is 9.59 Å². The molecule has 4 N–H and O–H groups in total. The summed E-state index contributed by atoms with van der Waals surface area (Å²) in [5, 5.41) is 11.5. The van der Waals surface area contributed by atoms with Crippen LogP contribution in [0.4, 0.5) is 0 Å². The minimum atomic E-state index is -0.847. The Balaban J connectivity index is 4.12. The van der Waals surface area contributed by atoms with E-state index >= 15 is 0 Å². The quantitative estimate of drug-likeness (QED) is 0.596. The number of carbonyl (C=O) groups excluding carboxylic acids is 1. The van der Waals surface area contributed by atoms with Gasteiger partial charge in [-0.1, -0.05) is 13.3 Å². The largest absolute Gasteiger partial charge is 0.481 e. The van der Waals surface area contributed by atoms with Gasteiger partial charge in [0.05, 0.1) is 0 Å². The van der Waals surface area contributed by atoms with Crippen molar-refractivity contribution in [2.45, 2.75) is 52.0 Å². The van der Waals surface area contributed by atoms with Gasteiger partial charge in [0.2, 0.25) is 5.91 Å². The van der Waals surface area contributed by atoms with Crippen LogP contribution in [0.3, 0.4) is 0 Å². The van der Waals surface area contributed by atoms with Crippen LogP contribution in [0.15, 0.2) is 0 Å². The molecule has 0 aromatic rings. The van der Waals surface area contributed by atoms with Crippen LogP contribution < -0.4 is 11.1 Å². The third kappa shape index (κ3) is 7.74. The Kier molecular flexibility index (Phi) is 6.80. The van der Waals surface area contributed by atoms with Crippen molar-refractivity contribution in [1.29, 1.82) is 0 Å². The monoisotopic (exact) mass is 244 g/mol. The molecule has 17 heavy (non-hydrogen) atoms. The molecule has 0 heterocycles. The van der Waals surface area contributed by atoms with Crippen molar-refractivity contribution < 1.29 is 14.7 Å². The number of hydrogen-bond acceptors (Lipinski definition) is 3. The van der Waals surface area contributed by atoms with E-state index in [4.69, 9.17) is 10.8 Å². The van der Waals surface area contributed by atoms with Crippen LogP contribution in [0.2, 0.25) is 0 Å². The van der Waals surface area contributed by atoms with Crippen LogP contribution >= 0.6 is 0 Å². The molecular weight excluding hydrogens is 220 g/mol. The molecule has 0 aromatic heterocycles. The van der Waals surface area contributed by atoms with Crippen molar-refractivity contribution in [3.8, 4) is 0 Å². The summed E-state index contributed by atoms with van der Waals surface area (Å²) in [7, 11) is 0. The summed E-state index contributed by atoms with van der Waals surface area (Å²) in [4.78, 5) is 22.2. The van der Waals surface area contributed by atoms with Crippen molar-refractivity contribution in [1.82, 2.24) is 5.32 Å². The molecule has 1 amide bonds. The Morgan fingerprint density at radius 2 is 2.00 bits per heavy atom. The second-order valence-electron chi connectivity index (χ2n) is 5.04. The van der Waals surface area contributed by atoms with Gasteiger partial charge in [-0.3, -0.25) is 9.59 Å². The summed E-state index contributed by atoms with van der Waals surface area (Å²) in [5.74, 6) is -0.705. The number of nitrogens with one attached hydrogen (secondary N) is 1. The third-order valence-corrected chi connectivity index (χ3v) is 2.83. The van der Waals surface area contributed by atoms with Crippen molar-refractivity contribution in [2.24, 2.45) is 11.7 Å². The molecule has 0 aliphatic rings. The van der Waals surface area contributed by atoms with Gasteiger partial charge in [-0.05, 0) is 32.7 Å². The first-order chi connectivity index (χ1) is 7.80. The van der Waals surface area contributed by atoms with Gasteiger partial charge in [-0.2, -0.15) is 0 Å². The molecule has 0 saturated heterocycles. The van der Waals surface area contributed by atoms with E-state index in [1.807, 2.05) is 20.8 Å². The number of nitrogens with two attached hydrogens (primary N) is 1. The third-order valence-electron chi connectivity index (χ3n) is 2.83. The lowest BCUT2D eigenvalue weighted by molar-refractivity contribution is -0.137. The number of amides is 1. The number of aliphatic carboxylic acids is 1. The van der Waals surface area contributed by atoms with Crippen LogP contribution in [0.25, 0.3) is 0 Å². The number of carboxylic acids is 1. The van der Waals surface area contributed by atoms with Crippen LogP contribution in [-0.4, -0.2) is 29.1 Å². The Hall–Kier alpha value is -1.10. The van der Waals surface area contributed by atoms with Gasteiger partial charge >= 0.3 is 5.97 Å². The average molecular weight is 244 g/mol. The number of carbonyl (C=O) groups is 2. The summed E-state index contributed by atoms with van der Waals surface area (Å²) >= 11 is 0. The van der Waals surface area contributed by atoms with Gasteiger partial charge < -0.3 is 16.2 Å². The Morgan fingerprint density at radius 3 is 2.41 bits per heavy atom. The van der Waals surface area contributed by atoms with Gasteiger partial charge in [0, 0.05) is 18.4 Å². The van der Waals surface area contributed by atoms with Crippen molar-refractivity contribution >= 4 is 11.9 Å². The van der Waals surface area contributed by atoms with Gasteiger partial charge in [-0.25, -0.2) is 0 Å². The van der Waals surface area contributed by atoms with E-state index in [-0.39, 0.29) is 18.2 Å². The molecule has 1 unspecified atom stereocenters. The first-order valence-corrected chi connectivity index (χ1v) is 6.03. The first kappa shape index (κ1) is 15.9. The molecule has 0 saturated carbocycles. The molecule has 0 fully saturated rings. The van der Waals surface area contributed by atoms with Crippen LogP contribution in [0.5, 0.6) is 0 Å². The topological polar surface area (TPSA) is 92.4 Å². The predicted molar refractivity (Wildman–Crippen MR) is 66.5 cm³/mol. The summed E-state index contributed by atoms with van der Waals surface area (Å²) in [6.07, 6.45) is 1.76. The molecule has 0 spiro atoms. The molecule has 5 heteroatoms. The van der Waals surface area contributed by atoms with Gasteiger partial charge in [-0.15, -0.1) is 0 Å². The Morgan fingerprint density at radius 1 is 1.41 bits per heavy atom. The highest BCUT2D eigenvalue weighted by Crippen LogP contribution is 2.13. The second kappa shape index (κ2) is 7.27. The van der Waals surface area contributed by atoms with E-state index < -0.39 is 11.5 Å². The maximum Gasteiger partial charge on any atom is 0.303 e. The van der Waals surface area contributed by atoms with Crippen LogP contribution in [0.1, 0.15) is 46.5 Å². The highest BCUT2D eigenvalue weighted by atomic mass is 16.4. The summed E-state index contributed by atoms with van der Waals surface area (Å²) < 4.78 is 0. The first-order valence-electron chi connectivity index (χ1n) is 6.03. The molecule has 0 aliphatic heterocycles. The SMILES string of the molecule is CCC(CN)CC(=O)NC(C)(C)CCC(=O)O. The fraction of sp³-hybridized carbons (Fsp3) is 0.833. The second-order valence-corrected chi connectivity index (χ2v) is 5.04. The number of hydrogen-bond donors (Lipinski definition) is 3. The fourth-order valence-corrected chi connectivity index (χ4v) is 1.57. The molecule has 0 bridgehead atoms. The summed E-state index contributed by atoms with van der Waals surface area (Å²) in [6, 6.07) is 0. The Labute approximate surface area is 103 Å². The minimum absolute atomic E-state index is 0.0569. The zero-order valence-electron chi connectivity index (χ0n) is 11.0. The molecule has 0 aromatic carbocycles. The standard InChI is InChI=1S/C12H24N2O3/c1-4-9(8-13)7-10(15)14-12(2,3)6-5-11(16)17/h9H,4-8,13H2,1-3H3,(H,14,15)(H,16,17). The smallest absolute Gasteiger partial charge is 0.303 e. The summed E-state index contributed by atoms with van der Waals surface area (Å²) in [6.45, 7) is 6.16. The molecule has 1 atom stereocenters. The predicted octanol–water partition coefficient (Wildman–Crippen LogP) is 1.12. The molecule has 100 valence electrons. The number of rotatable bonds is 8. The van der Waals surface area contributed by atoms with E-state index in [9.17, 15) is 9.59 Å². The Bertz CT molecular complexity index is 260. The zero-order valence-corrected chi connectivity index (χ0v) is 11.0. The van der Waals surface area contributed by atoms with Crippen molar-refractivity contribution in [3.05, 3.63) is 0 Å². The van der Waals surface area contributed by atoms with E-state index in [1.165, 1.54) is 0 Å². The minimum Gasteiger partial charge on any atom is -0.481 e. The lowest BCUT2D eigenvalue weighted by Crippen LogP contribution is -2.44. The highest BCUT2D eigenvalue weighted by Gasteiger charge is 2.22. The fourth-order valence-electron chi connectivity index (χ4n) is 1.57. The van der Waals surface area contributed by atoms with Gasteiger partial charge in [0.25, 0.3) is 0 Å². The molecule has 0 rings (SSSR count). The zero-order chi connectivity index (χ0) is 13.5. The van der Waals surface area contributed by atoms with E-state index in [0.29, 0.717) is 19.4 Å². The average Bonchev–Trinajstić information content (AvgIpc) is 2.22. The molecule has 0 aliphatic carbocycles. The van der Waals surface area contributed by atoms with Crippen LogP contribution in [0, 0.1) is 5.92 Å². The summed E-state index contributed by atoms with van der Waals surface area (Å²) in [5.41, 5.74) is 5.05. The molecule has 0 radical (unpaired) electrons. The highest BCUT2D eigenvalue weighted by molar-refractivity contribution is 5.77. The van der Waals surface area contributed by atoms with Gasteiger partial charge in [0.1, 0.15) is 0 Å². The maximum atomic E-state index is 11.7. The lowest BCUT2D eigenvalue weighted by Gasteiger charge is -2.26. The van der Waals surface area contributed by atoms with Gasteiger partial charge in [0.15, 0.2) is 0 Å². The van der Waals surface area contributed by atoms with E-state index in [0.717, 1.165) is 6.42 Å². The van der Waals surface area contributed by atoms with E-state index in [2.05, 4.69) is 5.32 Å². The molecular formula is C12H24N2O3. The lowest BCUT2D eigenvalue weighted by atomic mass is 9.96. The maximum absolute atomic E-state index is 11.7. The molecule has 5 nitrogen and oxygen atoms in total. The van der Waals surface area contributed by atoms with E-state index in [1.54, 1.807) is 0 Å².